The molecule has 13 heavy (non-hydrogen) atoms. The van der Waals surface area contributed by atoms with Gasteiger partial charge in [-0.05, 0) is 18.6 Å². The Kier molecular flexibility index (Phi) is 3.14. The van der Waals surface area contributed by atoms with Crippen LogP contribution < -0.4 is 10.6 Å². The zero-order chi connectivity index (χ0) is 9.84. The zero-order valence-corrected chi connectivity index (χ0v) is 8.12. The van der Waals surface area contributed by atoms with Gasteiger partial charge < -0.3 is 15.7 Å². The summed E-state index contributed by atoms with van der Waals surface area (Å²) in [5, 5.41) is 8.78. The molecular formula is C10H16N2O. The highest BCUT2D eigenvalue weighted by molar-refractivity contribution is 5.70. The van der Waals surface area contributed by atoms with Crippen molar-refractivity contribution < 1.29 is 5.11 Å². The Bertz CT molecular complexity index is 286. The fraction of sp³-hybridized carbons (Fsp3) is 0.400. The molecule has 0 aromatic heterocycles. The highest BCUT2D eigenvalue weighted by Crippen LogP contribution is 2.24. The molecule has 1 aromatic carbocycles. The first-order valence-corrected chi connectivity index (χ1v) is 4.34. The van der Waals surface area contributed by atoms with Crippen molar-refractivity contribution in [1.82, 2.24) is 0 Å². The minimum atomic E-state index is 0.143. The summed E-state index contributed by atoms with van der Waals surface area (Å²) in [7, 11) is 1.92. The number of nitrogens with zero attached hydrogens (tertiary/aromatic N) is 1. The molecule has 72 valence electrons. The number of hydrogen-bond donors (Lipinski definition) is 2. The molecule has 0 amide bonds. The molecule has 0 aliphatic carbocycles. The van der Waals surface area contributed by atoms with Crippen LogP contribution in [0.4, 0.5) is 11.4 Å². The van der Waals surface area contributed by atoms with Crippen LogP contribution in [0.25, 0.3) is 0 Å². The molecule has 3 heteroatoms. The maximum atomic E-state index is 8.78. The van der Waals surface area contributed by atoms with Crippen molar-refractivity contribution in [2.75, 3.05) is 30.8 Å². The minimum absolute atomic E-state index is 0.143. The van der Waals surface area contributed by atoms with E-state index in [1.54, 1.807) is 0 Å². The molecule has 0 radical (unpaired) electrons. The summed E-state index contributed by atoms with van der Waals surface area (Å²) in [4.78, 5) is 1.95. The van der Waals surface area contributed by atoms with Crippen LogP contribution in [0, 0.1) is 6.92 Å². The Morgan fingerprint density at radius 3 is 2.77 bits per heavy atom. The Labute approximate surface area is 78.8 Å². The van der Waals surface area contributed by atoms with Crippen LogP contribution in [0.3, 0.4) is 0 Å². The van der Waals surface area contributed by atoms with E-state index in [2.05, 4.69) is 0 Å². The van der Waals surface area contributed by atoms with Gasteiger partial charge in [0.25, 0.3) is 0 Å². The normalized spacial score (nSPS) is 10.1. The number of aryl methyl sites for hydroxylation is 1. The molecule has 0 aliphatic rings. The fourth-order valence-electron chi connectivity index (χ4n) is 1.27. The van der Waals surface area contributed by atoms with E-state index in [0.29, 0.717) is 6.54 Å². The van der Waals surface area contributed by atoms with Crippen molar-refractivity contribution >= 4 is 11.4 Å². The Hall–Kier alpha value is -1.22. The van der Waals surface area contributed by atoms with E-state index >= 15 is 0 Å². The summed E-state index contributed by atoms with van der Waals surface area (Å²) in [5.74, 6) is 0. The molecule has 3 N–H and O–H groups in total. The van der Waals surface area contributed by atoms with Gasteiger partial charge in [-0.3, -0.25) is 0 Å². The standard InChI is InChI=1S/C10H16N2O/c1-8-4-3-5-9(10(8)11)12(2)6-7-13/h3-5,13H,6-7,11H2,1-2H3. The van der Waals surface area contributed by atoms with E-state index in [-0.39, 0.29) is 6.61 Å². The number of para-hydroxylation sites is 1. The molecular weight excluding hydrogens is 164 g/mol. The van der Waals surface area contributed by atoms with Gasteiger partial charge in [0.15, 0.2) is 0 Å². The van der Waals surface area contributed by atoms with Gasteiger partial charge in [-0.1, -0.05) is 12.1 Å². The van der Waals surface area contributed by atoms with Crippen LogP contribution in [-0.4, -0.2) is 25.3 Å². The second-order valence-corrected chi connectivity index (χ2v) is 3.15. The van der Waals surface area contributed by atoms with Crippen molar-refractivity contribution in [3.63, 3.8) is 0 Å². The van der Waals surface area contributed by atoms with Crippen LogP contribution in [0.2, 0.25) is 0 Å². The van der Waals surface area contributed by atoms with Gasteiger partial charge in [0, 0.05) is 13.6 Å². The summed E-state index contributed by atoms with van der Waals surface area (Å²) < 4.78 is 0. The number of likely N-dealkylation sites (N-methyl/N-ethyl adjacent to an activating group) is 1. The molecule has 1 aromatic rings. The summed E-state index contributed by atoms with van der Waals surface area (Å²) in [6.45, 7) is 2.73. The lowest BCUT2D eigenvalue weighted by Crippen LogP contribution is -2.22. The number of rotatable bonds is 3. The Morgan fingerprint density at radius 2 is 2.15 bits per heavy atom. The van der Waals surface area contributed by atoms with Gasteiger partial charge in [-0.15, -0.1) is 0 Å². The third-order valence-corrected chi connectivity index (χ3v) is 2.15. The molecule has 0 heterocycles. The molecule has 3 nitrogen and oxygen atoms in total. The fourth-order valence-corrected chi connectivity index (χ4v) is 1.27. The van der Waals surface area contributed by atoms with Crippen molar-refractivity contribution in [2.45, 2.75) is 6.92 Å². The van der Waals surface area contributed by atoms with E-state index in [9.17, 15) is 0 Å². The third kappa shape index (κ3) is 2.12. The van der Waals surface area contributed by atoms with Crippen LogP contribution in [-0.2, 0) is 0 Å². The van der Waals surface area contributed by atoms with Crippen molar-refractivity contribution in [2.24, 2.45) is 0 Å². The number of aliphatic hydroxyl groups is 1. The quantitative estimate of drug-likeness (QED) is 0.682. The summed E-state index contributed by atoms with van der Waals surface area (Å²) in [6, 6.07) is 5.90. The number of nitrogen functional groups attached to an aromatic ring is 1. The molecule has 0 saturated carbocycles. The molecule has 0 spiro atoms. The largest absolute Gasteiger partial charge is 0.397 e. The topological polar surface area (TPSA) is 49.5 Å². The predicted octanol–water partition coefficient (Wildman–Crippen LogP) is 1.01. The van der Waals surface area contributed by atoms with Crippen LogP contribution in [0.15, 0.2) is 18.2 Å². The van der Waals surface area contributed by atoms with E-state index in [1.165, 1.54) is 0 Å². The lowest BCUT2D eigenvalue weighted by Gasteiger charge is -2.20. The van der Waals surface area contributed by atoms with Crippen molar-refractivity contribution in [3.8, 4) is 0 Å². The molecule has 0 fully saturated rings. The van der Waals surface area contributed by atoms with Gasteiger partial charge in [0.2, 0.25) is 0 Å². The third-order valence-electron chi connectivity index (χ3n) is 2.15. The number of aliphatic hydroxyl groups excluding tert-OH is 1. The predicted molar refractivity (Wildman–Crippen MR) is 55.9 cm³/mol. The van der Waals surface area contributed by atoms with E-state index < -0.39 is 0 Å². The molecule has 0 atom stereocenters. The van der Waals surface area contributed by atoms with Gasteiger partial charge >= 0.3 is 0 Å². The summed E-state index contributed by atoms with van der Waals surface area (Å²) >= 11 is 0. The van der Waals surface area contributed by atoms with E-state index in [1.807, 2.05) is 37.1 Å². The van der Waals surface area contributed by atoms with Crippen molar-refractivity contribution in [1.29, 1.82) is 0 Å². The van der Waals surface area contributed by atoms with Crippen molar-refractivity contribution in [3.05, 3.63) is 23.8 Å². The van der Waals surface area contributed by atoms with Gasteiger partial charge in [0.1, 0.15) is 0 Å². The van der Waals surface area contributed by atoms with Gasteiger partial charge in [-0.25, -0.2) is 0 Å². The Morgan fingerprint density at radius 1 is 1.46 bits per heavy atom. The summed E-state index contributed by atoms with van der Waals surface area (Å²) in [6.07, 6.45) is 0. The van der Waals surface area contributed by atoms with E-state index in [0.717, 1.165) is 16.9 Å². The number of anilines is 2. The highest BCUT2D eigenvalue weighted by Gasteiger charge is 2.05. The first-order valence-electron chi connectivity index (χ1n) is 4.34. The molecule has 0 bridgehead atoms. The minimum Gasteiger partial charge on any atom is -0.397 e. The maximum absolute atomic E-state index is 8.78. The zero-order valence-electron chi connectivity index (χ0n) is 8.12. The number of hydrogen-bond acceptors (Lipinski definition) is 3. The lowest BCUT2D eigenvalue weighted by atomic mass is 10.1. The monoisotopic (exact) mass is 180 g/mol. The van der Waals surface area contributed by atoms with Crippen LogP contribution >= 0.6 is 0 Å². The highest BCUT2D eigenvalue weighted by atomic mass is 16.3. The van der Waals surface area contributed by atoms with Crippen LogP contribution in [0.5, 0.6) is 0 Å². The molecule has 1 rings (SSSR count). The molecule has 0 aliphatic heterocycles. The molecule has 0 saturated heterocycles. The molecule has 0 unspecified atom stereocenters. The second-order valence-electron chi connectivity index (χ2n) is 3.15. The first-order chi connectivity index (χ1) is 6.16. The van der Waals surface area contributed by atoms with Gasteiger partial charge in [0.05, 0.1) is 18.0 Å². The number of nitrogens with two attached hydrogens (primary N) is 1. The van der Waals surface area contributed by atoms with Gasteiger partial charge in [-0.2, -0.15) is 0 Å². The Balaban J connectivity index is 2.93. The average Bonchev–Trinajstić information content (AvgIpc) is 2.10. The SMILES string of the molecule is Cc1cccc(N(C)CCO)c1N. The number of benzene rings is 1. The second kappa shape index (κ2) is 4.14. The van der Waals surface area contributed by atoms with E-state index in [4.69, 9.17) is 10.8 Å². The average molecular weight is 180 g/mol. The lowest BCUT2D eigenvalue weighted by molar-refractivity contribution is 0.304. The maximum Gasteiger partial charge on any atom is 0.0606 e. The summed E-state index contributed by atoms with van der Waals surface area (Å²) in [5.41, 5.74) is 8.73. The smallest absolute Gasteiger partial charge is 0.0606 e. The first kappa shape index (κ1) is 9.86. The van der Waals surface area contributed by atoms with Crippen LogP contribution in [0.1, 0.15) is 5.56 Å².